The lowest BCUT2D eigenvalue weighted by Crippen LogP contribution is -2.45. The fourth-order valence-corrected chi connectivity index (χ4v) is 7.06. The Morgan fingerprint density at radius 2 is 1.47 bits per heavy atom. The average molecular weight is 482 g/mol. The van der Waals surface area contributed by atoms with Crippen molar-refractivity contribution in [2.24, 2.45) is 5.92 Å². The third-order valence-corrected chi connectivity index (χ3v) is 9.39. The Morgan fingerprint density at radius 1 is 0.906 bits per heavy atom. The van der Waals surface area contributed by atoms with Gasteiger partial charge in [0.1, 0.15) is 30.3 Å². The van der Waals surface area contributed by atoms with E-state index in [0.717, 1.165) is 30.6 Å². The summed E-state index contributed by atoms with van der Waals surface area (Å²) in [7, 11) is -0.307. The molecule has 0 bridgehead atoms. The highest BCUT2D eigenvalue weighted by atomic mass is 32.2. The lowest BCUT2D eigenvalue weighted by atomic mass is 9.88. The van der Waals surface area contributed by atoms with Crippen molar-refractivity contribution in [2.75, 3.05) is 24.7 Å². The van der Waals surface area contributed by atoms with Crippen LogP contribution in [0.15, 0.2) is 23.1 Å². The predicted octanol–water partition coefficient (Wildman–Crippen LogP) is 5.96. The molecule has 3 fully saturated rings. The first-order valence-corrected chi connectivity index (χ1v) is 12.7. The third kappa shape index (κ3) is 4.49. The van der Waals surface area contributed by atoms with E-state index in [4.69, 9.17) is 14.2 Å². The summed E-state index contributed by atoms with van der Waals surface area (Å²) in [5, 5.41) is 0. The monoisotopic (exact) mass is 481 g/mol. The number of ether oxygens (including phenoxy) is 3. The molecule has 3 nitrogen and oxygen atoms in total. The van der Waals surface area contributed by atoms with Crippen molar-refractivity contribution in [3.63, 3.8) is 0 Å². The van der Waals surface area contributed by atoms with E-state index >= 15 is 0 Å². The summed E-state index contributed by atoms with van der Waals surface area (Å²) in [4.78, 5) is 0.914. The summed E-state index contributed by atoms with van der Waals surface area (Å²) in [6, 6.07) is 4.87. The number of halogens is 5. The maximum atomic E-state index is 14.6. The van der Waals surface area contributed by atoms with Gasteiger partial charge in [-0.15, -0.1) is 0 Å². The van der Waals surface area contributed by atoms with Gasteiger partial charge in [-0.05, 0) is 43.7 Å². The van der Waals surface area contributed by atoms with Gasteiger partial charge in [0.25, 0.3) is 0 Å². The van der Waals surface area contributed by atoms with E-state index in [1.54, 1.807) is 12.1 Å². The second kappa shape index (κ2) is 8.62. The molecule has 1 aromatic carbocycles. The molecule has 0 radical (unpaired) electrons. The van der Waals surface area contributed by atoms with Crippen molar-refractivity contribution >= 4 is 10.9 Å². The highest BCUT2D eigenvalue weighted by Crippen LogP contribution is 2.44. The Morgan fingerprint density at radius 3 is 2.00 bits per heavy atom. The molecule has 32 heavy (non-hydrogen) atoms. The molecular formula is C23H30F5O3S+. The zero-order valence-corrected chi connectivity index (χ0v) is 19.2. The van der Waals surface area contributed by atoms with Crippen LogP contribution in [0.2, 0.25) is 0 Å². The minimum absolute atomic E-state index is 0.228. The molecule has 2 heterocycles. The van der Waals surface area contributed by atoms with Crippen LogP contribution in [0.1, 0.15) is 52.4 Å². The van der Waals surface area contributed by atoms with Crippen LogP contribution in [-0.2, 0) is 20.4 Å². The lowest BCUT2D eigenvalue weighted by Gasteiger charge is -2.35. The first-order chi connectivity index (χ1) is 15.0. The molecule has 1 aliphatic carbocycles. The third-order valence-electron chi connectivity index (χ3n) is 7.08. The summed E-state index contributed by atoms with van der Waals surface area (Å²) >= 11 is 0. The van der Waals surface area contributed by atoms with E-state index in [0.29, 0.717) is 11.5 Å². The number of benzene rings is 1. The Hall–Kier alpha value is -1.06. The van der Waals surface area contributed by atoms with Gasteiger partial charge in [-0.2, -0.15) is 17.6 Å². The SMILES string of the molecule is CC(C)C1(Oc2cc([S+]3CCC4(CC3)OCC(F)(F)C(F)(F)CO4)ccc2F)CCCC1. The van der Waals surface area contributed by atoms with Crippen LogP contribution in [-0.4, -0.2) is 48.0 Å². The van der Waals surface area contributed by atoms with E-state index in [1.165, 1.54) is 6.07 Å². The Balaban J connectivity index is 1.46. The van der Waals surface area contributed by atoms with Crippen LogP contribution < -0.4 is 4.74 Å². The number of hydrogen-bond donors (Lipinski definition) is 0. The zero-order valence-electron chi connectivity index (χ0n) is 18.4. The number of hydrogen-bond acceptors (Lipinski definition) is 3. The Kier molecular flexibility index (Phi) is 6.48. The van der Waals surface area contributed by atoms with Crippen LogP contribution in [0.3, 0.4) is 0 Å². The van der Waals surface area contributed by atoms with E-state index < -0.39 is 36.7 Å². The summed E-state index contributed by atoms with van der Waals surface area (Å²) < 4.78 is 85.9. The highest BCUT2D eigenvalue weighted by molar-refractivity contribution is 7.97. The van der Waals surface area contributed by atoms with E-state index in [2.05, 4.69) is 13.8 Å². The maximum Gasteiger partial charge on any atom is 0.335 e. The van der Waals surface area contributed by atoms with Gasteiger partial charge >= 0.3 is 11.8 Å². The molecule has 2 saturated heterocycles. The van der Waals surface area contributed by atoms with Crippen LogP contribution in [0.4, 0.5) is 22.0 Å². The first kappa shape index (κ1) is 24.1. The van der Waals surface area contributed by atoms with Crippen LogP contribution in [0, 0.1) is 11.7 Å². The molecule has 0 N–H and O–H groups in total. The first-order valence-electron chi connectivity index (χ1n) is 11.2. The standard InChI is InChI=1S/C23H30F5O3S/c1-16(2)20(7-3-4-8-20)31-19-13-17(5-6-18(19)24)32-11-9-21(10-12-32)29-14-22(25,26)23(27,28)15-30-21/h5-6,13,16H,3-4,7-12,14-15H2,1-2H3/q+1. The molecule has 0 unspecified atom stereocenters. The molecule has 9 heteroatoms. The summed E-state index contributed by atoms with van der Waals surface area (Å²) in [5.41, 5.74) is -0.363. The van der Waals surface area contributed by atoms with Crippen molar-refractivity contribution < 1.29 is 36.2 Å². The predicted molar refractivity (Wildman–Crippen MR) is 112 cm³/mol. The molecule has 1 saturated carbocycles. The van der Waals surface area contributed by atoms with E-state index in [-0.39, 0.29) is 41.0 Å². The molecule has 4 rings (SSSR count). The molecule has 3 aliphatic rings. The number of alkyl halides is 4. The van der Waals surface area contributed by atoms with Gasteiger partial charge in [-0.1, -0.05) is 13.8 Å². The van der Waals surface area contributed by atoms with Gasteiger partial charge in [0.15, 0.2) is 22.2 Å². The number of rotatable bonds is 4. The fourth-order valence-electron chi connectivity index (χ4n) is 4.74. The van der Waals surface area contributed by atoms with E-state index in [9.17, 15) is 22.0 Å². The highest BCUT2D eigenvalue weighted by Gasteiger charge is 2.61. The molecule has 0 amide bonds. The van der Waals surface area contributed by atoms with Crippen LogP contribution in [0.5, 0.6) is 5.75 Å². The normalized spacial score (nSPS) is 26.9. The van der Waals surface area contributed by atoms with Crippen LogP contribution >= 0.6 is 0 Å². The second-order valence-corrected chi connectivity index (χ2v) is 11.7. The molecule has 0 atom stereocenters. The largest absolute Gasteiger partial charge is 0.484 e. The summed E-state index contributed by atoms with van der Waals surface area (Å²) in [5.74, 6) is -8.79. The van der Waals surface area contributed by atoms with Gasteiger partial charge in [0.2, 0.25) is 0 Å². The van der Waals surface area contributed by atoms with E-state index in [1.807, 2.05) is 0 Å². The molecule has 180 valence electrons. The van der Waals surface area contributed by atoms with Crippen molar-refractivity contribution in [3.8, 4) is 5.75 Å². The molecule has 1 spiro atoms. The summed E-state index contributed by atoms with van der Waals surface area (Å²) in [6.45, 7) is 1.46. The second-order valence-electron chi connectivity index (χ2n) is 9.42. The lowest BCUT2D eigenvalue weighted by molar-refractivity contribution is -0.239. The van der Waals surface area contributed by atoms with Crippen molar-refractivity contribution in [2.45, 2.75) is 80.5 Å². The van der Waals surface area contributed by atoms with Gasteiger partial charge in [-0.25, -0.2) is 4.39 Å². The molecular weight excluding hydrogens is 451 g/mol. The van der Waals surface area contributed by atoms with Crippen molar-refractivity contribution in [3.05, 3.63) is 24.0 Å². The molecule has 0 aromatic heterocycles. The van der Waals surface area contributed by atoms with Crippen molar-refractivity contribution in [1.82, 2.24) is 0 Å². The Bertz CT molecular complexity index is 798. The quantitative estimate of drug-likeness (QED) is 0.393. The molecule has 1 aromatic rings. The minimum Gasteiger partial charge on any atom is -0.484 e. The smallest absolute Gasteiger partial charge is 0.335 e. The molecule has 2 aliphatic heterocycles. The zero-order chi connectivity index (χ0) is 23.2. The topological polar surface area (TPSA) is 27.7 Å². The summed E-state index contributed by atoms with van der Waals surface area (Å²) in [6.07, 6.45) is 4.37. The van der Waals surface area contributed by atoms with Gasteiger partial charge < -0.3 is 14.2 Å². The van der Waals surface area contributed by atoms with Gasteiger partial charge in [0, 0.05) is 29.8 Å². The van der Waals surface area contributed by atoms with Gasteiger partial charge in [0.05, 0.1) is 0 Å². The average Bonchev–Trinajstić information content (AvgIpc) is 3.20. The van der Waals surface area contributed by atoms with Crippen molar-refractivity contribution in [1.29, 1.82) is 0 Å². The maximum absolute atomic E-state index is 14.6. The fraction of sp³-hybridized carbons (Fsp3) is 0.739. The Labute approximate surface area is 188 Å². The van der Waals surface area contributed by atoms with Gasteiger partial charge in [-0.3, -0.25) is 0 Å². The minimum atomic E-state index is -4.26. The van der Waals surface area contributed by atoms with Crippen LogP contribution in [0.25, 0.3) is 0 Å².